The van der Waals surface area contributed by atoms with Crippen LogP contribution in [0.5, 0.6) is 5.75 Å². The number of fused-ring (bicyclic) bond motifs is 1. The van der Waals surface area contributed by atoms with Crippen LogP contribution in [0.25, 0.3) is 10.9 Å². The zero-order valence-corrected chi connectivity index (χ0v) is 16.4. The zero-order chi connectivity index (χ0) is 20.1. The standard InChI is InChI=1S/C24H25N3O2/c1-29-21-13-20(15-25-16-21)27-24(18-5-3-2-4-6-18)12-19-14-26-23-8-7-17(9-10-28)11-22(19)23/h2-8,11,13-16,24,26-28H,9-10,12H2,1H3. The smallest absolute Gasteiger partial charge is 0.139 e. The van der Waals surface area contributed by atoms with Gasteiger partial charge in [-0.3, -0.25) is 4.98 Å². The van der Waals surface area contributed by atoms with Crippen molar-refractivity contribution >= 4 is 16.6 Å². The lowest BCUT2D eigenvalue weighted by Crippen LogP contribution is -2.14. The molecule has 2 aromatic carbocycles. The van der Waals surface area contributed by atoms with Crippen molar-refractivity contribution in [2.75, 3.05) is 19.0 Å². The van der Waals surface area contributed by atoms with Crippen LogP contribution in [-0.4, -0.2) is 28.8 Å². The van der Waals surface area contributed by atoms with Gasteiger partial charge in [-0.05, 0) is 41.7 Å². The minimum absolute atomic E-state index is 0.0746. The van der Waals surface area contributed by atoms with Crippen molar-refractivity contribution in [2.45, 2.75) is 18.9 Å². The molecular formula is C24H25N3O2. The number of aromatic amines is 1. The molecule has 5 heteroatoms. The van der Waals surface area contributed by atoms with E-state index in [1.165, 1.54) is 16.5 Å². The largest absolute Gasteiger partial charge is 0.495 e. The third-order valence-electron chi connectivity index (χ3n) is 5.15. The highest BCUT2D eigenvalue weighted by Crippen LogP contribution is 2.29. The molecule has 0 fully saturated rings. The van der Waals surface area contributed by atoms with E-state index in [4.69, 9.17) is 4.74 Å². The number of hydrogen-bond acceptors (Lipinski definition) is 4. The molecule has 0 amide bonds. The minimum atomic E-state index is 0.0746. The van der Waals surface area contributed by atoms with Crippen LogP contribution in [0.15, 0.2) is 73.2 Å². The number of methoxy groups -OCH3 is 1. The van der Waals surface area contributed by atoms with Crippen LogP contribution in [0.4, 0.5) is 5.69 Å². The maximum absolute atomic E-state index is 9.28. The van der Waals surface area contributed by atoms with Gasteiger partial charge < -0.3 is 20.1 Å². The number of aliphatic hydroxyl groups is 1. The Bertz CT molecular complexity index is 1080. The van der Waals surface area contributed by atoms with Gasteiger partial charge in [-0.25, -0.2) is 0 Å². The van der Waals surface area contributed by atoms with E-state index >= 15 is 0 Å². The molecule has 5 nitrogen and oxygen atoms in total. The quantitative estimate of drug-likeness (QED) is 0.416. The molecule has 2 heterocycles. The van der Waals surface area contributed by atoms with E-state index in [1.54, 1.807) is 13.3 Å². The van der Waals surface area contributed by atoms with Gasteiger partial charge in [0, 0.05) is 29.8 Å². The van der Waals surface area contributed by atoms with Crippen molar-refractivity contribution in [3.8, 4) is 5.75 Å². The topological polar surface area (TPSA) is 70.2 Å². The van der Waals surface area contributed by atoms with Crippen LogP contribution >= 0.6 is 0 Å². The normalized spacial score (nSPS) is 12.1. The summed E-state index contributed by atoms with van der Waals surface area (Å²) in [6.07, 6.45) is 7.06. The first-order valence-electron chi connectivity index (χ1n) is 9.77. The number of H-pyrrole nitrogens is 1. The van der Waals surface area contributed by atoms with Crippen LogP contribution in [0.3, 0.4) is 0 Å². The maximum Gasteiger partial charge on any atom is 0.139 e. The van der Waals surface area contributed by atoms with Gasteiger partial charge in [0.1, 0.15) is 5.75 Å². The summed E-state index contributed by atoms with van der Waals surface area (Å²) in [6.45, 7) is 0.155. The average molecular weight is 387 g/mol. The van der Waals surface area contributed by atoms with Crippen molar-refractivity contribution < 1.29 is 9.84 Å². The number of aliphatic hydroxyl groups excluding tert-OH is 1. The van der Waals surface area contributed by atoms with Gasteiger partial charge in [0.15, 0.2) is 0 Å². The summed E-state index contributed by atoms with van der Waals surface area (Å²) in [7, 11) is 1.64. The van der Waals surface area contributed by atoms with Crippen LogP contribution < -0.4 is 10.1 Å². The molecule has 0 aliphatic carbocycles. The lowest BCUT2D eigenvalue weighted by Gasteiger charge is -2.20. The predicted molar refractivity (Wildman–Crippen MR) is 116 cm³/mol. The molecule has 3 N–H and O–H groups in total. The molecule has 1 atom stereocenters. The van der Waals surface area contributed by atoms with E-state index in [2.05, 4.69) is 63.9 Å². The Morgan fingerprint density at radius 3 is 2.76 bits per heavy atom. The van der Waals surface area contributed by atoms with Gasteiger partial charge >= 0.3 is 0 Å². The predicted octanol–water partition coefficient (Wildman–Crippen LogP) is 4.50. The number of benzene rings is 2. The summed E-state index contributed by atoms with van der Waals surface area (Å²) < 4.78 is 5.31. The van der Waals surface area contributed by atoms with E-state index in [0.29, 0.717) is 6.42 Å². The van der Waals surface area contributed by atoms with Crippen molar-refractivity contribution in [3.63, 3.8) is 0 Å². The van der Waals surface area contributed by atoms with Crippen LogP contribution in [0.2, 0.25) is 0 Å². The van der Waals surface area contributed by atoms with Crippen molar-refractivity contribution in [1.29, 1.82) is 0 Å². The number of nitrogens with one attached hydrogen (secondary N) is 2. The van der Waals surface area contributed by atoms with Crippen LogP contribution in [0, 0.1) is 0 Å². The number of nitrogens with zero attached hydrogens (tertiary/aromatic N) is 1. The Kier molecular flexibility index (Phi) is 5.77. The van der Waals surface area contributed by atoms with Crippen LogP contribution in [0.1, 0.15) is 22.7 Å². The lowest BCUT2D eigenvalue weighted by molar-refractivity contribution is 0.299. The van der Waals surface area contributed by atoms with Crippen molar-refractivity contribution in [2.24, 2.45) is 0 Å². The molecule has 0 aliphatic rings. The van der Waals surface area contributed by atoms with Gasteiger partial charge in [-0.2, -0.15) is 0 Å². The summed E-state index contributed by atoms with van der Waals surface area (Å²) in [5, 5.41) is 14.1. The highest BCUT2D eigenvalue weighted by Gasteiger charge is 2.16. The summed E-state index contributed by atoms with van der Waals surface area (Å²) in [6, 6.07) is 18.8. The van der Waals surface area contributed by atoms with Gasteiger partial charge in [0.2, 0.25) is 0 Å². The molecule has 0 radical (unpaired) electrons. The summed E-state index contributed by atoms with van der Waals surface area (Å²) >= 11 is 0. The monoisotopic (exact) mass is 387 g/mol. The molecule has 29 heavy (non-hydrogen) atoms. The summed E-state index contributed by atoms with van der Waals surface area (Å²) in [4.78, 5) is 7.64. The number of aromatic nitrogens is 2. The number of ether oxygens (including phenoxy) is 1. The second kappa shape index (κ2) is 8.80. The second-order valence-electron chi connectivity index (χ2n) is 7.09. The van der Waals surface area contributed by atoms with Gasteiger partial charge in [0.05, 0.1) is 31.2 Å². The van der Waals surface area contributed by atoms with Crippen LogP contribution in [-0.2, 0) is 12.8 Å². The SMILES string of the molecule is COc1cncc(NC(Cc2c[nH]c3ccc(CCO)cc23)c2ccccc2)c1. The first kappa shape index (κ1) is 19.0. The molecule has 0 aliphatic heterocycles. The molecule has 2 aromatic heterocycles. The Morgan fingerprint density at radius 2 is 1.97 bits per heavy atom. The van der Waals surface area contributed by atoms with Crippen molar-refractivity contribution in [3.05, 3.63) is 89.9 Å². The van der Waals surface area contributed by atoms with E-state index in [1.807, 2.05) is 18.3 Å². The lowest BCUT2D eigenvalue weighted by atomic mass is 9.97. The van der Waals surface area contributed by atoms with E-state index < -0.39 is 0 Å². The molecule has 0 bridgehead atoms. The molecule has 0 saturated carbocycles. The Hall–Kier alpha value is -3.31. The van der Waals surface area contributed by atoms with Gasteiger partial charge in [-0.1, -0.05) is 36.4 Å². The maximum atomic E-state index is 9.28. The Balaban J connectivity index is 1.67. The highest BCUT2D eigenvalue weighted by atomic mass is 16.5. The molecule has 148 valence electrons. The third-order valence-corrected chi connectivity index (χ3v) is 5.15. The molecule has 1 unspecified atom stereocenters. The zero-order valence-electron chi connectivity index (χ0n) is 16.4. The highest BCUT2D eigenvalue weighted by molar-refractivity contribution is 5.84. The fraction of sp³-hybridized carbons (Fsp3) is 0.208. The first-order chi connectivity index (χ1) is 14.3. The van der Waals surface area contributed by atoms with E-state index in [-0.39, 0.29) is 12.6 Å². The number of anilines is 1. The first-order valence-corrected chi connectivity index (χ1v) is 9.77. The summed E-state index contributed by atoms with van der Waals surface area (Å²) in [5.41, 5.74) is 5.60. The average Bonchev–Trinajstić information content (AvgIpc) is 3.16. The van der Waals surface area contributed by atoms with Gasteiger partial charge in [-0.15, -0.1) is 0 Å². The minimum Gasteiger partial charge on any atom is -0.495 e. The third kappa shape index (κ3) is 4.41. The Labute approximate surface area is 170 Å². The molecule has 4 aromatic rings. The number of pyridine rings is 1. The molecular weight excluding hydrogens is 362 g/mol. The van der Waals surface area contributed by atoms with E-state index in [0.717, 1.165) is 28.9 Å². The number of rotatable bonds is 8. The fourth-order valence-electron chi connectivity index (χ4n) is 3.65. The van der Waals surface area contributed by atoms with Crippen molar-refractivity contribution in [1.82, 2.24) is 9.97 Å². The fourth-order valence-corrected chi connectivity index (χ4v) is 3.65. The summed E-state index contributed by atoms with van der Waals surface area (Å²) in [5.74, 6) is 0.725. The molecule has 0 saturated heterocycles. The second-order valence-corrected chi connectivity index (χ2v) is 7.09. The molecule has 4 rings (SSSR count). The van der Waals surface area contributed by atoms with E-state index in [9.17, 15) is 5.11 Å². The molecule has 0 spiro atoms. The van der Waals surface area contributed by atoms with Gasteiger partial charge in [0.25, 0.3) is 0 Å². The number of hydrogen-bond donors (Lipinski definition) is 3. The Morgan fingerprint density at radius 1 is 1.10 bits per heavy atom.